The maximum Gasteiger partial charge on any atom is 0.0409 e. The largest absolute Gasteiger partial charge is 0.0843 e. The smallest absolute Gasteiger partial charge is 0.0409 e. The van der Waals surface area contributed by atoms with E-state index in [0.29, 0.717) is 0 Å². The lowest BCUT2D eigenvalue weighted by Gasteiger charge is -2.42. The number of fused-ring (bicyclic) bond motifs is 4. The summed E-state index contributed by atoms with van der Waals surface area (Å²) >= 11 is 6.34. The maximum atomic E-state index is 6.34. The van der Waals surface area contributed by atoms with Crippen molar-refractivity contribution in [2.45, 2.75) is 70.6 Å². The van der Waals surface area contributed by atoms with Gasteiger partial charge in [0.2, 0.25) is 0 Å². The molecule has 30 heavy (non-hydrogen) atoms. The van der Waals surface area contributed by atoms with Gasteiger partial charge in [-0.05, 0) is 86.4 Å². The number of benzene rings is 3. The monoisotopic (exact) mass is 414 g/mol. The molecule has 5 rings (SSSR count). The summed E-state index contributed by atoms with van der Waals surface area (Å²) in [5.74, 6) is 0. The highest BCUT2D eigenvalue weighted by Crippen LogP contribution is 2.51. The topological polar surface area (TPSA) is 0 Å². The third-order valence-electron chi connectivity index (χ3n) is 7.82. The Labute approximate surface area is 186 Å². The Bertz CT molecular complexity index is 1180. The molecule has 0 unspecified atom stereocenters. The van der Waals surface area contributed by atoms with Gasteiger partial charge in [0.1, 0.15) is 0 Å². The molecule has 0 aromatic heterocycles. The normalized spacial score (nSPS) is 19.7. The molecule has 0 spiro atoms. The summed E-state index contributed by atoms with van der Waals surface area (Å²) in [7, 11) is 0. The summed E-state index contributed by atoms with van der Waals surface area (Å²) in [6.45, 7) is 14.2. The number of hydrogen-bond donors (Lipinski definition) is 0. The predicted octanol–water partition coefficient (Wildman–Crippen LogP) is 8.66. The molecule has 0 aliphatic heterocycles. The molecule has 154 valence electrons. The molecule has 0 saturated heterocycles. The highest BCUT2D eigenvalue weighted by molar-refractivity contribution is 6.30. The van der Waals surface area contributed by atoms with Crippen LogP contribution in [0.2, 0.25) is 5.02 Å². The van der Waals surface area contributed by atoms with E-state index in [4.69, 9.17) is 11.6 Å². The van der Waals surface area contributed by atoms with E-state index >= 15 is 0 Å². The number of halogens is 1. The number of hydrogen-bond acceptors (Lipinski definition) is 0. The molecule has 2 aliphatic carbocycles. The summed E-state index contributed by atoms with van der Waals surface area (Å²) in [6.07, 6.45) is 2.49. The molecule has 0 atom stereocenters. The van der Waals surface area contributed by atoms with E-state index in [9.17, 15) is 0 Å². The summed E-state index contributed by atoms with van der Waals surface area (Å²) in [6, 6.07) is 20.5. The Morgan fingerprint density at radius 1 is 0.567 bits per heavy atom. The summed E-state index contributed by atoms with van der Waals surface area (Å²) < 4.78 is 0. The molecule has 3 aromatic rings. The molecule has 0 radical (unpaired) electrons. The van der Waals surface area contributed by atoms with Gasteiger partial charge in [-0.25, -0.2) is 0 Å². The van der Waals surface area contributed by atoms with Crippen LogP contribution in [0.4, 0.5) is 0 Å². The van der Waals surface area contributed by atoms with Gasteiger partial charge >= 0.3 is 0 Å². The van der Waals surface area contributed by atoms with Crippen molar-refractivity contribution in [1.29, 1.82) is 0 Å². The quantitative estimate of drug-likeness (QED) is 0.373. The molecule has 0 bridgehead atoms. The van der Waals surface area contributed by atoms with E-state index in [0.717, 1.165) is 5.02 Å². The van der Waals surface area contributed by atoms with Crippen LogP contribution in [0.3, 0.4) is 0 Å². The van der Waals surface area contributed by atoms with Crippen molar-refractivity contribution < 1.29 is 0 Å². The van der Waals surface area contributed by atoms with Gasteiger partial charge < -0.3 is 0 Å². The van der Waals surface area contributed by atoms with Gasteiger partial charge in [0, 0.05) is 10.4 Å². The maximum absolute atomic E-state index is 6.34. The van der Waals surface area contributed by atoms with Crippen LogP contribution in [0.25, 0.3) is 22.3 Å². The lowest BCUT2D eigenvalue weighted by atomic mass is 9.63. The average Bonchev–Trinajstić information content (AvgIpc) is 2.92. The minimum Gasteiger partial charge on any atom is -0.0843 e. The third-order valence-corrected chi connectivity index (χ3v) is 8.06. The zero-order chi connectivity index (χ0) is 21.5. The zero-order valence-corrected chi connectivity index (χ0v) is 19.7. The van der Waals surface area contributed by atoms with Crippen LogP contribution in [0.5, 0.6) is 0 Å². The first-order chi connectivity index (χ1) is 14.0. The predicted molar refractivity (Wildman–Crippen MR) is 130 cm³/mol. The van der Waals surface area contributed by atoms with Gasteiger partial charge in [-0.2, -0.15) is 0 Å². The molecule has 0 nitrogen and oxygen atoms in total. The van der Waals surface area contributed by atoms with Crippen LogP contribution in [0.1, 0.15) is 76.6 Å². The SMILES string of the molecule is CC1(C)CCC(C)(C)c2cc(-c3ccc4c(c3)C(C)(C)c3cc(Cl)ccc3-4)ccc21. The Morgan fingerprint density at radius 2 is 1.07 bits per heavy atom. The summed E-state index contributed by atoms with van der Waals surface area (Å²) in [4.78, 5) is 0. The van der Waals surface area contributed by atoms with E-state index in [-0.39, 0.29) is 16.2 Å². The third kappa shape index (κ3) is 2.80. The van der Waals surface area contributed by atoms with Crippen LogP contribution in [-0.4, -0.2) is 0 Å². The summed E-state index contributed by atoms with van der Waals surface area (Å²) in [5, 5.41) is 0.814. The highest BCUT2D eigenvalue weighted by Gasteiger charge is 2.38. The molecular formula is C29H31Cl. The van der Waals surface area contributed by atoms with E-state index in [1.165, 1.54) is 57.3 Å². The summed E-state index contributed by atoms with van der Waals surface area (Å²) in [5.41, 5.74) is 11.5. The van der Waals surface area contributed by atoms with Gasteiger partial charge in [-0.1, -0.05) is 89.5 Å². The van der Waals surface area contributed by atoms with Crippen molar-refractivity contribution in [3.05, 3.63) is 81.9 Å². The van der Waals surface area contributed by atoms with Crippen LogP contribution in [0, 0.1) is 0 Å². The second-order valence-corrected chi connectivity index (χ2v) is 11.5. The van der Waals surface area contributed by atoms with E-state index in [1.807, 2.05) is 6.07 Å². The van der Waals surface area contributed by atoms with Gasteiger partial charge in [-0.3, -0.25) is 0 Å². The van der Waals surface area contributed by atoms with Crippen molar-refractivity contribution in [1.82, 2.24) is 0 Å². The second kappa shape index (κ2) is 6.24. The minimum absolute atomic E-state index is 0.0406. The van der Waals surface area contributed by atoms with Crippen LogP contribution >= 0.6 is 11.6 Å². The first-order valence-electron chi connectivity index (χ1n) is 11.1. The van der Waals surface area contributed by atoms with Crippen molar-refractivity contribution in [2.75, 3.05) is 0 Å². The molecule has 0 saturated carbocycles. The molecule has 2 aliphatic rings. The number of rotatable bonds is 1. The molecule has 1 heteroatoms. The molecule has 0 amide bonds. The Morgan fingerprint density at radius 3 is 1.73 bits per heavy atom. The van der Waals surface area contributed by atoms with Crippen molar-refractivity contribution >= 4 is 11.6 Å². The second-order valence-electron chi connectivity index (χ2n) is 11.1. The van der Waals surface area contributed by atoms with Gasteiger partial charge in [0.15, 0.2) is 0 Å². The highest BCUT2D eigenvalue weighted by atomic mass is 35.5. The average molecular weight is 415 g/mol. The Hall–Kier alpha value is -2.05. The Balaban J connectivity index is 1.65. The molecule has 0 fully saturated rings. The fraction of sp³-hybridized carbons (Fsp3) is 0.379. The van der Waals surface area contributed by atoms with Gasteiger partial charge in [-0.15, -0.1) is 0 Å². The fourth-order valence-corrected chi connectivity index (χ4v) is 5.83. The molecular weight excluding hydrogens is 384 g/mol. The van der Waals surface area contributed by atoms with Crippen LogP contribution in [-0.2, 0) is 16.2 Å². The van der Waals surface area contributed by atoms with Crippen LogP contribution in [0.15, 0.2) is 54.6 Å². The van der Waals surface area contributed by atoms with Gasteiger partial charge in [0.25, 0.3) is 0 Å². The van der Waals surface area contributed by atoms with Crippen molar-refractivity contribution in [3.63, 3.8) is 0 Å². The zero-order valence-electron chi connectivity index (χ0n) is 19.0. The van der Waals surface area contributed by atoms with E-state index in [1.54, 1.807) is 0 Å². The first kappa shape index (κ1) is 19.9. The molecule has 0 N–H and O–H groups in total. The molecule has 3 aromatic carbocycles. The van der Waals surface area contributed by atoms with E-state index < -0.39 is 0 Å². The fourth-order valence-electron chi connectivity index (χ4n) is 5.66. The minimum atomic E-state index is -0.0406. The van der Waals surface area contributed by atoms with Crippen molar-refractivity contribution in [3.8, 4) is 22.3 Å². The van der Waals surface area contributed by atoms with Crippen molar-refractivity contribution in [2.24, 2.45) is 0 Å². The standard InChI is InChI=1S/C29H31Cl/c1-27(2)13-14-28(3,4)26-16-19(8-12-23(26)27)18-7-10-21-22-11-9-20(30)17-25(22)29(5,6)24(21)15-18/h7-12,15-17H,13-14H2,1-6H3. The van der Waals surface area contributed by atoms with E-state index in [2.05, 4.69) is 90.1 Å². The van der Waals surface area contributed by atoms with Crippen LogP contribution < -0.4 is 0 Å². The van der Waals surface area contributed by atoms with Gasteiger partial charge in [0.05, 0.1) is 0 Å². The Kier molecular flexibility index (Phi) is 4.13. The lowest BCUT2D eigenvalue weighted by Crippen LogP contribution is -2.33. The molecule has 0 heterocycles. The first-order valence-corrected chi connectivity index (χ1v) is 11.5. The lowest BCUT2D eigenvalue weighted by molar-refractivity contribution is 0.332.